The molecular formula is C46H38B2N2OPt. The summed E-state index contributed by atoms with van der Waals surface area (Å²) in [5.41, 5.74) is 18.4. The molecule has 0 aliphatic carbocycles. The third-order valence-electron chi connectivity index (χ3n) is 10.3. The summed E-state index contributed by atoms with van der Waals surface area (Å²) in [4.78, 5) is 9.57. The minimum Gasteiger partial charge on any atom is -0.497 e. The molecule has 7 aromatic rings. The molecular weight excluding hydrogens is 813 g/mol. The summed E-state index contributed by atoms with van der Waals surface area (Å²) in [5.74, 6) is 1.31. The molecule has 6 heteroatoms. The number of hydrogen-bond acceptors (Lipinski definition) is 3. The van der Waals surface area contributed by atoms with Gasteiger partial charge in [0.25, 0.3) is 0 Å². The maximum absolute atomic E-state index is 7.08. The number of fused-ring (bicyclic) bond motifs is 2. The van der Waals surface area contributed by atoms with E-state index in [0.717, 1.165) is 33.7 Å². The average Bonchev–Trinajstić information content (AvgIpc) is 3.12. The van der Waals surface area contributed by atoms with Crippen molar-refractivity contribution in [2.75, 3.05) is 0 Å². The molecule has 1 aliphatic heterocycles. The standard InChI is InChI=1S/C46H38B2N2O.Pt/c1-29-24-32(4)45(33(5)25-29)48-39-20-8-7-19-38(39)47(44-30(2)14-11-15-31(44)3)40-27-36(42-22-12-16-34(6)50-42)28-43(46(40)48)51-37-18-13-17-35(26-37)41-21-9-10-23-49-41;/h7-25,27H,1-6H3;/q-2;+2. The molecule has 0 saturated heterocycles. The van der Waals surface area contributed by atoms with Crippen molar-refractivity contribution in [2.45, 2.75) is 41.5 Å². The monoisotopic (exact) mass is 851 g/mol. The van der Waals surface area contributed by atoms with Gasteiger partial charge in [0.15, 0.2) is 6.71 Å². The molecule has 0 amide bonds. The third-order valence-corrected chi connectivity index (χ3v) is 10.3. The van der Waals surface area contributed by atoms with Crippen LogP contribution in [0, 0.1) is 53.7 Å². The van der Waals surface area contributed by atoms with Gasteiger partial charge in [0.1, 0.15) is 0 Å². The number of hydrogen-bond donors (Lipinski definition) is 0. The van der Waals surface area contributed by atoms with E-state index in [1.54, 1.807) is 6.20 Å². The van der Waals surface area contributed by atoms with Crippen LogP contribution in [-0.2, 0) is 21.1 Å². The zero-order valence-corrected chi connectivity index (χ0v) is 32.6. The Balaban J connectivity index is 0.00000420. The molecule has 0 bridgehead atoms. The van der Waals surface area contributed by atoms with Crippen LogP contribution in [-0.4, -0.2) is 23.4 Å². The van der Waals surface area contributed by atoms with Crippen LogP contribution < -0.4 is 37.5 Å². The Morgan fingerprint density at radius 2 is 1.15 bits per heavy atom. The van der Waals surface area contributed by atoms with E-state index in [0.29, 0.717) is 11.5 Å². The summed E-state index contributed by atoms with van der Waals surface area (Å²) in [6.45, 7) is 13.1. The van der Waals surface area contributed by atoms with Crippen molar-refractivity contribution in [3.63, 3.8) is 0 Å². The first-order chi connectivity index (χ1) is 24.8. The van der Waals surface area contributed by atoms with Crippen molar-refractivity contribution in [3.8, 4) is 34.0 Å². The van der Waals surface area contributed by atoms with Crippen LogP contribution in [0.3, 0.4) is 0 Å². The van der Waals surface area contributed by atoms with Crippen LogP contribution in [0.15, 0.2) is 121 Å². The van der Waals surface area contributed by atoms with E-state index in [4.69, 9.17) is 9.72 Å². The predicted molar refractivity (Wildman–Crippen MR) is 214 cm³/mol. The van der Waals surface area contributed by atoms with Gasteiger partial charge < -0.3 is 14.7 Å². The second-order valence-electron chi connectivity index (χ2n) is 13.9. The van der Waals surface area contributed by atoms with Gasteiger partial charge in [0.2, 0.25) is 6.71 Å². The minimum atomic E-state index is -0.0814. The van der Waals surface area contributed by atoms with E-state index < -0.39 is 0 Å². The number of benzene rings is 5. The van der Waals surface area contributed by atoms with Crippen molar-refractivity contribution < 1.29 is 25.8 Å². The Bertz CT molecular complexity index is 2400. The first-order valence-corrected chi connectivity index (χ1v) is 17.6. The fourth-order valence-corrected chi connectivity index (χ4v) is 8.23. The Kier molecular flexibility index (Phi) is 9.92. The fraction of sp³-hybridized carbons (Fsp3) is 0.130. The third kappa shape index (κ3) is 6.48. The molecule has 0 fully saturated rings. The summed E-state index contributed by atoms with van der Waals surface area (Å²) < 4.78 is 7.08. The van der Waals surface area contributed by atoms with Crippen molar-refractivity contribution >= 4 is 46.2 Å². The normalized spacial score (nSPS) is 11.8. The molecule has 0 atom stereocenters. The van der Waals surface area contributed by atoms with Gasteiger partial charge in [-0.05, 0) is 65.1 Å². The van der Waals surface area contributed by atoms with Gasteiger partial charge in [0, 0.05) is 23.4 Å². The van der Waals surface area contributed by atoms with Crippen molar-refractivity contribution in [1.82, 2.24) is 9.97 Å². The van der Waals surface area contributed by atoms with Gasteiger partial charge in [-0.3, -0.25) is 0 Å². The van der Waals surface area contributed by atoms with Crippen LogP contribution in [0.2, 0.25) is 0 Å². The second-order valence-corrected chi connectivity index (χ2v) is 13.9. The van der Waals surface area contributed by atoms with Crippen LogP contribution >= 0.6 is 0 Å². The van der Waals surface area contributed by atoms with Gasteiger partial charge >= 0.3 is 21.1 Å². The number of aryl methyl sites for hydroxylation is 6. The molecule has 3 heterocycles. The van der Waals surface area contributed by atoms with Gasteiger partial charge in [0.05, 0.1) is 0 Å². The summed E-state index contributed by atoms with van der Waals surface area (Å²) >= 11 is 0. The Hall–Kier alpha value is -4.98. The van der Waals surface area contributed by atoms with Crippen molar-refractivity contribution in [2.24, 2.45) is 0 Å². The molecule has 1 aliphatic rings. The molecule has 52 heavy (non-hydrogen) atoms. The first kappa shape index (κ1) is 35.4. The van der Waals surface area contributed by atoms with E-state index in [-0.39, 0.29) is 34.5 Å². The molecule has 0 spiro atoms. The zero-order valence-electron chi connectivity index (χ0n) is 30.3. The van der Waals surface area contributed by atoms with Gasteiger partial charge in [-0.1, -0.05) is 141 Å². The molecule has 3 nitrogen and oxygen atoms in total. The Morgan fingerprint density at radius 1 is 0.519 bits per heavy atom. The molecule has 5 aromatic carbocycles. The largest absolute Gasteiger partial charge is 2.00 e. The number of aromatic nitrogens is 2. The summed E-state index contributed by atoms with van der Waals surface area (Å²) in [6, 6.07) is 48.0. The number of rotatable bonds is 6. The molecule has 8 rings (SSSR count). The fourth-order valence-electron chi connectivity index (χ4n) is 8.23. The quantitative estimate of drug-likeness (QED) is 0.144. The van der Waals surface area contributed by atoms with E-state index in [1.807, 2.05) is 49.4 Å². The number of pyridine rings is 2. The molecule has 0 radical (unpaired) electrons. The molecule has 2 aromatic heterocycles. The SMILES string of the molecule is Cc1cc(C)c(B2c3ccccc3B(c3c(C)cccc3C)c3cc(-c4cccc(C)n4)[c-]c(Oc4[c-]c(-c5ccccn5)ccc4)c32)c(C)c1.[Pt+2]. The maximum Gasteiger partial charge on any atom is 2.00 e. The van der Waals surface area contributed by atoms with Crippen LogP contribution in [0.4, 0.5) is 0 Å². The van der Waals surface area contributed by atoms with E-state index >= 15 is 0 Å². The molecule has 0 saturated carbocycles. The van der Waals surface area contributed by atoms with Gasteiger partial charge in [-0.15, -0.1) is 40.9 Å². The molecule has 0 N–H and O–H groups in total. The Morgan fingerprint density at radius 3 is 1.85 bits per heavy atom. The minimum absolute atomic E-state index is 0. The first-order valence-electron chi connectivity index (χ1n) is 17.6. The molecule has 0 unspecified atom stereocenters. The number of ether oxygens (including phenoxy) is 1. The van der Waals surface area contributed by atoms with Crippen LogP contribution in [0.5, 0.6) is 11.5 Å². The van der Waals surface area contributed by atoms with Gasteiger partial charge in [-0.25, -0.2) is 0 Å². The average molecular weight is 852 g/mol. The summed E-state index contributed by atoms with van der Waals surface area (Å²) in [5, 5.41) is 0. The van der Waals surface area contributed by atoms with Crippen LogP contribution in [0.1, 0.15) is 33.5 Å². The van der Waals surface area contributed by atoms with E-state index in [2.05, 4.69) is 125 Å². The smallest absolute Gasteiger partial charge is 0.497 e. The van der Waals surface area contributed by atoms with E-state index in [9.17, 15) is 0 Å². The van der Waals surface area contributed by atoms with E-state index in [1.165, 1.54) is 55.1 Å². The summed E-state index contributed by atoms with van der Waals surface area (Å²) in [7, 11) is 0. The van der Waals surface area contributed by atoms with Crippen molar-refractivity contribution in [3.05, 3.63) is 167 Å². The molecule has 254 valence electrons. The maximum atomic E-state index is 7.08. The second kappa shape index (κ2) is 14.6. The topological polar surface area (TPSA) is 35.0 Å². The Labute approximate surface area is 323 Å². The summed E-state index contributed by atoms with van der Waals surface area (Å²) in [6.07, 6.45) is 1.81. The van der Waals surface area contributed by atoms with Crippen LogP contribution in [0.25, 0.3) is 22.5 Å². The van der Waals surface area contributed by atoms with Crippen molar-refractivity contribution in [1.29, 1.82) is 0 Å². The number of nitrogens with zero attached hydrogens (tertiary/aromatic N) is 2. The zero-order chi connectivity index (χ0) is 35.2. The van der Waals surface area contributed by atoms with Gasteiger partial charge in [-0.2, -0.15) is 5.46 Å². The predicted octanol–water partition coefficient (Wildman–Crippen LogP) is 6.40.